The fourth-order valence-electron chi connectivity index (χ4n) is 0.725. The molecule has 22 heavy (non-hydrogen) atoms. The summed E-state index contributed by atoms with van der Waals surface area (Å²) in [5, 5.41) is 0. The molecule has 0 spiro atoms. The maximum Gasteiger partial charge on any atom is 0.0652 e. The summed E-state index contributed by atoms with van der Waals surface area (Å²) < 4.78 is 5.00. The highest BCUT2D eigenvalue weighted by Crippen LogP contribution is 1.98. The van der Waals surface area contributed by atoms with Crippen molar-refractivity contribution in [3.05, 3.63) is 0 Å². The first kappa shape index (κ1) is 29.8. The van der Waals surface area contributed by atoms with Crippen molar-refractivity contribution < 1.29 is 4.74 Å². The Morgan fingerprint density at radius 1 is 0.773 bits per heavy atom. The molecule has 0 aromatic carbocycles. The normalized spacial score (nSPS) is 10.4. The molecule has 0 aromatic heterocycles. The molecule has 0 saturated carbocycles. The molecule has 0 radical (unpaired) electrons. The Morgan fingerprint density at radius 2 is 1.05 bits per heavy atom. The molecular formula is C19H48N2O. The summed E-state index contributed by atoms with van der Waals surface area (Å²) in [5.41, 5.74) is 6.20. The van der Waals surface area contributed by atoms with Gasteiger partial charge in [0.1, 0.15) is 0 Å². The van der Waals surface area contributed by atoms with E-state index < -0.39 is 0 Å². The van der Waals surface area contributed by atoms with Gasteiger partial charge in [-0.3, -0.25) is 5.43 Å². The van der Waals surface area contributed by atoms with Gasteiger partial charge in [0.2, 0.25) is 0 Å². The summed E-state index contributed by atoms with van der Waals surface area (Å²) in [4.78, 5) is 0. The van der Waals surface area contributed by atoms with E-state index in [2.05, 4.69) is 93.9 Å². The van der Waals surface area contributed by atoms with E-state index in [4.69, 9.17) is 4.74 Å². The number of nitrogens with one attached hydrogen (secondary N) is 2. The number of rotatable bonds is 5. The Morgan fingerprint density at radius 3 is 1.23 bits per heavy atom. The van der Waals surface area contributed by atoms with Gasteiger partial charge >= 0.3 is 0 Å². The second kappa shape index (κ2) is 20.9. The highest BCUT2D eigenvalue weighted by Gasteiger charge is 2.14. The van der Waals surface area contributed by atoms with E-state index in [1.807, 2.05) is 0 Å². The molecule has 140 valence electrons. The lowest BCUT2D eigenvalue weighted by atomic mass is 10.1. The zero-order valence-electron chi connectivity index (χ0n) is 18.1. The Kier molecular flexibility index (Phi) is 28.3. The van der Waals surface area contributed by atoms with E-state index in [-0.39, 0.29) is 5.54 Å². The second-order valence-corrected chi connectivity index (χ2v) is 8.17. The number of methoxy groups -OCH3 is 1. The molecular weight excluding hydrogens is 272 g/mol. The van der Waals surface area contributed by atoms with E-state index in [1.54, 1.807) is 7.11 Å². The van der Waals surface area contributed by atoms with Gasteiger partial charge in [0.25, 0.3) is 0 Å². The summed E-state index contributed by atoms with van der Waals surface area (Å²) in [5.74, 6) is 2.50. The average Bonchev–Trinajstić information content (AvgIpc) is 2.24. The minimum atomic E-state index is 0.0186. The predicted molar refractivity (Wildman–Crippen MR) is 104 cm³/mol. The monoisotopic (exact) mass is 320 g/mol. The summed E-state index contributed by atoms with van der Waals surface area (Å²) in [6.07, 6.45) is 0. The van der Waals surface area contributed by atoms with Crippen LogP contribution in [0.2, 0.25) is 0 Å². The molecule has 0 amide bonds. The summed E-state index contributed by atoms with van der Waals surface area (Å²) >= 11 is 0. The van der Waals surface area contributed by atoms with Crippen LogP contribution in [0.4, 0.5) is 0 Å². The fraction of sp³-hybridized carbons (Fsp3) is 1.00. The van der Waals surface area contributed by atoms with Crippen LogP contribution in [0.3, 0.4) is 0 Å². The van der Waals surface area contributed by atoms with Crippen LogP contribution < -0.4 is 10.9 Å². The molecule has 0 aromatic rings. The second-order valence-electron chi connectivity index (χ2n) is 8.17. The van der Waals surface area contributed by atoms with Crippen molar-refractivity contribution in [1.82, 2.24) is 10.9 Å². The molecule has 3 nitrogen and oxygen atoms in total. The van der Waals surface area contributed by atoms with Crippen molar-refractivity contribution in [2.45, 2.75) is 88.6 Å². The third-order valence-corrected chi connectivity index (χ3v) is 1.11. The van der Waals surface area contributed by atoms with Gasteiger partial charge in [-0.25, -0.2) is 5.43 Å². The first-order chi connectivity index (χ1) is 9.82. The van der Waals surface area contributed by atoms with Crippen LogP contribution >= 0.6 is 0 Å². The Hall–Kier alpha value is -0.120. The highest BCUT2D eigenvalue weighted by atomic mass is 16.5. The van der Waals surface area contributed by atoms with Crippen molar-refractivity contribution in [2.75, 3.05) is 20.3 Å². The first-order valence-corrected chi connectivity index (χ1v) is 8.81. The van der Waals surface area contributed by atoms with Gasteiger partial charge < -0.3 is 4.74 Å². The van der Waals surface area contributed by atoms with E-state index in [0.29, 0.717) is 6.61 Å². The Balaban J connectivity index is -0.000000112. The van der Waals surface area contributed by atoms with E-state index in [9.17, 15) is 0 Å². The molecule has 0 heterocycles. The third kappa shape index (κ3) is 89.9. The lowest BCUT2D eigenvalue weighted by Crippen LogP contribution is -2.50. The summed E-state index contributed by atoms with van der Waals surface area (Å²) in [6.45, 7) is 27.3. The molecule has 0 unspecified atom stereocenters. The van der Waals surface area contributed by atoms with Gasteiger partial charge in [0, 0.05) is 13.7 Å². The van der Waals surface area contributed by atoms with Crippen LogP contribution in [0.1, 0.15) is 83.1 Å². The molecule has 0 atom stereocenters. The number of hydrogen-bond acceptors (Lipinski definition) is 3. The van der Waals surface area contributed by atoms with Gasteiger partial charge in [0.05, 0.1) is 12.1 Å². The van der Waals surface area contributed by atoms with Crippen molar-refractivity contribution in [3.63, 3.8) is 0 Å². The first-order valence-electron chi connectivity index (χ1n) is 8.81. The van der Waals surface area contributed by atoms with E-state index in [0.717, 1.165) is 24.3 Å². The quantitative estimate of drug-likeness (QED) is 0.655. The SMILES string of the molecule is CC(C)C.CC(C)C.CC(C)C.CCNNC(C)(C)COC. The maximum atomic E-state index is 5.00. The molecule has 0 aliphatic heterocycles. The molecule has 0 fully saturated rings. The number of ether oxygens (including phenoxy) is 1. The average molecular weight is 321 g/mol. The lowest BCUT2D eigenvalue weighted by molar-refractivity contribution is 0.119. The van der Waals surface area contributed by atoms with Gasteiger partial charge in [-0.2, -0.15) is 0 Å². The number of hydrogen-bond donors (Lipinski definition) is 2. The molecule has 3 heteroatoms. The molecule has 0 bridgehead atoms. The van der Waals surface area contributed by atoms with Crippen molar-refractivity contribution in [1.29, 1.82) is 0 Å². The summed E-state index contributed by atoms with van der Waals surface area (Å²) in [7, 11) is 1.70. The lowest BCUT2D eigenvalue weighted by Gasteiger charge is -2.25. The van der Waals surface area contributed by atoms with E-state index >= 15 is 0 Å². The molecule has 0 aliphatic carbocycles. The molecule has 0 saturated heterocycles. The van der Waals surface area contributed by atoms with Crippen molar-refractivity contribution in [2.24, 2.45) is 17.8 Å². The Labute approximate surface area is 143 Å². The molecule has 2 N–H and O–H groups in total. The van der Waals surface area contributed by atoms with Gasteiger partial charge in [0.15, 0.2) is 0 Å². The van der Waals surface area contributed by atoms with Crippen LogP contribution in [0.5, 0.6) is 0 Å². The molecule has 0 aliphatic rings. The minimum Gasteiger partial charge on any atom is -0.383 e. The fourth-order valence-corrected chi connectivity index (χ4v) is 0.725. The minimum absolute atomic E-state index is 0.0186. The van der Waals surface area contributed by atoms with Crippen LogP contribution in [0, 0.1) is 17.8 Å². The maximum absolute atomic E-state index is 5.00. The predicted octanol–water partition coefficient (Wildman–Crippen LogP) is 5.51. The van der Waals surface area contributed by atoms with Gasteiger partial charge in [-0.15, -0.1) is 0 Å². The van der Waals surface area contributed by atoms with Gasteiger partial charge in [-0.1, -0.05) is 69.2 Å². The third-order valence-electron chi connectivity index (χ3n) is 1.11. The summed E-state index contributed by atoms with van der Waals surface area (Å²) in [6, 6.07) is 0. The van der Waals surface area contributed by atoms with Crippen molar-refractivity contribution >= 4 is 0 Å². The Bertz CT molecular complexity index is 156. The zero-order valence-corrected chi connectivity index (χ0v) is 18.1. The van der Waals surface area contributed by atoms with Crippen molar-refractivity contribution in [3.8, 4) is 0 Å². The van der Waals surface area contributed by atoms with E-state index in [1.165, 1.54) is 0 Å². The van der Waals surface area contributed by atoms with Crippen LogP contribution in [-0.2, 0) is 4.74 Å². The van der Waals surface area contributed by atoms with Crippen LogP contribution in [0.15, 0.2) is 0 Å². The zero-order chi connectivity index (χ0) is 18.8. The van der Waals surface area contributed by atoms with Gasteiger partial charge in [-0.05, 0) is 31.6 Å². The van der Waals surface area contributed by atoms with Crippen LogP contribution in [-0.4, -0.2) is 25.8 Å². The topological polar surface area (TPSA) is 33.3 Å². The standard InChI is InChI=1S/C7H18N2O.3C4H10/c1-5-8-9-7(2,3)6-10-4;3*1-4(2)3/h8-9H,5-6H2,1-4H3;3*4H,1-3H3. The van der Waals surface area contributed by atoms with Crippen LogP contribution in [0.25, 0.3) is 0 Å². The highest BCUT2D eigenvalue weighted by molar-refractivity contribution is 4.73. The number of hydrazine groups is 1. The smallest absolute Gasteiger partial charge is 0.0652 e. The molecule has 0 rings (SSSR count). The largest absolute Gasteiger partial charge is 0.383 e.